The summed E-state index contributed by atoms with van der Waals surface area (Å²) in [6.07, 6.45) is -0.470. The van der Waals surface area contributed by atoms with E-state index < -0.39 is 12.1 Å². The van der Waals surface area contributed by atoms with Gasteiger partial charge >= 0.3 is 5.97 Å². The van der Waals surface area contributed by atoms with Crippen molar-refractivity contribution in [2.75, 3.05) is 13.2 Å². The molecule has 6 nitrogen and oxygen atoms in total. The average molecular weight is 496 g/mol. The highest BCUT2D eigenvalue weighted by molar-refractivity contribution is 5.87. The van der Waals surface area contributed by atoms with Crippen LogP contribution < -0.4 is 10.1 Å². The van der Waals surface area contributed by atoms with Gasteiger partial charge in [-0.3, -0.25) is 0 Å². The molecule has 192 valence electrons. The predicted molar refractivity (Wildman–Crippen MR) is 137 cm³/mol. The molecule has 0 aliphatic rings. The Kier molecular flexibility index (Phi) is 9.20. The summed E-state index contributed by atoms with van der Waals surface area (Å²) in [7, 11) is 0. The third-order valence-electron chi connectivity index (χ3n) is 5.92. The standard InChI is InChI=1S/C29H34FNO5/c1-19-9-10-21(15-26(19)30)16-29(3,4)31-17-23(32)18-35-20(2)25-7-5-6-8-27(25)36-24-13-11-22(12-14-24)28(33)34/h5-15,20,23,31-32H,16-18H2,1-4H3,(H,33,34)/t20?,23-/m1/s1. The van der Waals surface area contributed by atoms with Crippen LogP contribution in [0.4, 0.5) is 4.39 Å². The number of halogens is 1. The number of aromatic carboxylic acids is 1. The average Bonchev–Trinajstić information content (AvgIpc) is 2.84. The van der Waals surface area contributed by atoms with E-state index in [0.29, 0.717) is 30.0 Å². The van der Waals surface area contributed by atoms with Crippen LogP contribution in [0, 0.1) is 12.7 Å². The number of carboxylic acids is 1. The minimum Gasteiger partial charge on any atom is -0.478 e. The summed E-state index contributed by atoms with van der Waals surface area (Å²) in [6, 6.07) is 18.9. The molecule has 3 N–H and O–H groups in total. The van der Waals surface area contributed by atoms with Gasteiger partial charge in [-0.25, -0.2) is 9.18 Å². The highest BCUT2D eigenvalue weighted by atomic mass is 19.1. The first kappa shape index (κ1) is 27.3. The maximum atomic E-state index is 13.9. The van der Waals surface area contributed by atoms with Gasteiger partial charge < -0.3 is 25.0 Å². The van der Waals surface area contributed by atoms with Crippen molar-refractivity contribution in [3.05, 3.63) is 94.8 Å². The minimum absolute atomic E-state index is 0.116. The number of hydrogen-bond acceptors (Lipinski definition) is 5. The van der Waals surface area contributed by atoms with Crippen LogP contribution in [0.3, 0.4) is 0 Å². The zero-order chi connectivity index (χ0) is 26.3. The molecule has 2 atom stereocenters. The Morgan fingerprint density at radius 3 is 2.44 bits per heavy atom. The van der Waals surface area contributed by atoms with Gasteiger partial charge in [-0.2, -0.15) is 0 Å². The second-order valence-electron chi connectivity index (χ2n) is 9.62. The highest BCUT2D eigenvalue weighted by Crippen LogP contribution is 2.31. The fourth-order valence-electron chi connectivity index (χ4n) is 3.82. The number of aliphatic hydroxyl groups excluding tert-OH is 1. The van der Waals surface area contributed by atoms with Crippen molar-refractivity contribution in [2.45, 2.75) is 51.9 Å². The van der Waals surface area contributed by atoms with E-state index in [-0.39, 0.29) is 29.6 Å². The van der Waals surface area contributed by atoms with Gasteiger partial charge in [0.05, 0.1) is 24.4 Å². The molecule has 3 aromatic rings. The number of ether oxygens (including phenoxy) is 2. The number of rotatable bonds is 12. The van der Waals surface area contributed by atoms with Gasteiger partial charge in [0.1, 0.15) is 17.3 Å². The fraction of sp³-hybridized carbons (Fsp3) is 0.345. The van der Waals surface area contributed by atoms with Crippen molar-refractivity contribution >= 4 is 5.97 Å². The first-order chi connectivity index (χ1) is 17.0. The second kappa shape index (κ2) is 12.1. The van der Waals surface area contributed by atoms with Crippen LogP contribution in [0.15, 0.2) is 66.7 Å². The summed E-state index contributed by atoms with van der Waals surface area (Å²) in [5.74, 6) is -0.108. The summed E-state index contributed by atoms with van der Waals surface area (Å²) in [4.78, 5) is 11.1. The van der Waals surface area contributed by atoms with Gasteiger partial charge in [0, 0.05) is 17.6 Å². The summed E-state index contributed by atoms with van der Waals surface area (Å²) < 4.78 is 25.8. The molecule has 7 heteroatoms. The zero-order valence-corrected chi connectivity index (χ0v) is 21.1. The Bertz CT molecular complexity index is 1160. The first-order valence-electron chi connectivity index (χ1n) is 11.9. The van der Waals surface area contributed by atoms with Gasteiger partial charge in [0.15, 0.2) is 0 Å². The number of benzene rings is 3. The van der Waals surface area contributed by atoms with E-state index in [4.69, 9.17) is 14.6 Å². The third-order valence-corrected chi connectivity index (χ3v) is 5.92. The van der Waals surface area contributed by atoms with E-state index in [2.05, 4.69) is 5.32 Å². The smallest absolute Gasteiger partial charge is 0.335 e. The van der Waals surface area contributed by atoms with Crippen LogP contribution in [-0.2, 0) is 11.2 Å². The molecule has 0 radical (unpaired) electrons. The molecular formula is C29H34FNO5. The summed E-state index contributed by atoms with van der Waals surface area (Å²) in [6.45, 7) is 8.08. The number of carboxylic acid groups (broad SMARTS) is 1. The monoisotopic (exact) mass is 495 g/mol. The number of carbonyl (C=O) groups is 1. The molecule has 0 bridgehead atoms. The van der Waals surface area contributed by atoms with Crippen LogP contribution in [0.25, 0.3) is 0 Å². The van der Waals surface area contributed by atoms with E-state index >= 15 is 0 Å². The largest absolute Gasteiger partial charge is 0.478 e. The van der Waals surface area contributed by atoms with Crippen LogP contribution in [0.5, 0.6) is 11.5 Å². The molecule has 3 aromatic carbocycles. The van der Waals surface area contributed by atoms with E-state index in [1.165, 1.54) is 12.1 Å². The Labute approximate surface area is 211 Å². The molecular weight excluding hydrogens is 461 g/mol. The van der Waals surface area contributed by atoms with Crippen molar-refractivity contribution in [2.24, 2.45) is 0 Å². The molecule has 0 aliphatic carbocycles. The molecule has 1 unspecified atom stereocenters. The predicted octanol–water partition coefficient (Wildman–Crippen LogP) is 5.67. The molecule has 0 spiro atoms. The number of hydrogen-bond donors (Lipinski definition) is 3. The molecule has 36 heavy (non-hydrogen) atoms. The van der Waals surface area contributed by atoms with E-state index in [9.17, 15) is 14.3 Å². The van der Waals surface area contributed by atoms with Crippen molar-refractivity contribution < 1.29 is 28.9 Å². The number of para-hydroxylation sites is 1. The van der Waals surface area contributed by atoms with Crippen molar-refractivity contribution in [1.29, 1.82) is 0 Å². The summed E-state index contributed by atoms with van der Waals surface area (Å²) >= 11 is 0. The zero-order valence-electron chi connectivity index (χ0n) is 21.1. The number of aliphatic hydroxyl groups is 1. The van der Waals surface area contributed by atoms with E-state index in [1.54, 1.807) is 31.2 Å². The van der Waals surface area contributed by atoms with Crippen molar-refractivity contribution in [1.82, 2.24) is 5.32 Å². The van der Waals surface area contributed by atoms with Crippen LogP contribution in [0.2, 0.25) is 0 Å². The summed E-state index contributed by atoms with van der Waals surface area (Å²) in [5.41, 5.74) is 2.16. The van der Waals surface area contributed by atoms with E-state index in [1.807, 2.05) is 51.1 Å². The number of nitrogens with one attached hydrogen (secondary N) is 1. The lowest BCUT2D eigenvalue weighted by Gasteiger charge is -2.28. The number of β-amino-alcohol motifs (C(OH)–C–C–N with tert-alkyl or cyclic N) is 1. The molecule has 0 saturated heterocycles. The van der Waals surface area contributed by atoms with Crippen molar-refractivity contribution in [3.63, 3.8) is 0 Å². The Morgan fingerprint density at radius 2 is 1.78 bits per heavy atom. The maximum Gasteiger partial charge on any atom is 0.335 e. The maximum absolute atomic E-state index is 13.9. The fourth-order valence-corrected chi connectivity index (χ4v) is 3.82. The van der Waals surface area contributed by atoms with Gasteiger partial charge in [0.25, 0.3) is 0 Å². The van der Waals surface area contributed by atoms with Gasteiger partial charge in [-0.15, -0.1) is 0 Å². The van der Waals surface area contributed by atoms with Crippen molar-refractivity contribution in [3.8, 4) is 11.5 Å². The van der Waals surface area contributed by atoms with Gasteiger partial charge in [-0.05, 0) is 81.6 Å². The van der Waals surface area contributed by atoms with Gasteiger partial charge in [0.2, 0.25) is 0 Å². The summed E-state index contributed by atoms with van der Waals surface area (Å²) in [5, 5.41) is 22.9. The second-order valence-corrected chi connectivity index (χ2v) is 9.62. The Balaban J connectivity index is 1.52. The normalized spacial score (nSPS) is 13.3. The van der Waals surface area contributed by atoms with Crippen LogP contribution in [-0.4, -0.2) is 41.0 Å². The number of aryl methyl sites for hydroxylation is 1. The Morgan fingerprint density at radius 1 is 1.08 bits per heavy atom. The van der Waals surface area contributed by atoms with Gasteiger partial charge in [-0.1, -0.05) is 30.3 Å². The Hall–Kier alpha value is -3.26. The lowest BCUT2D eigenvalue weighted by atomic mass is 9.94. The first-order valence-corrected chi connectivity index (χ1v) is 11.9. The molecule has 0 aliphatic heterocycles. The molecule has 0 fully saturated rings. The lowest BCUT2D eigenvalue weighted by Crippen LogP contribution is -2.46. The molecule has 0 saturated carbocycles. The molecule has 0 aromatic heterocycles. The highest BCUT2D eigenvalue weighted by Gasteiger charge is 2.21. The quantitative estimate of drug-likeness (QED) is 0.300. The van der Waals surface area contributed by atoms with Crippen LogP contribution in [0.1, 0.15) is 53.9 Å². The molecule has 3 rings (SSSR count). The molecule has 0 amide bonds. The SMILES string of the molecule is Cc1ccc(CC(C)(C)NC[C@@H](O)COC(C)c2ccccc2Oc2ccc(C(=O)O)cc2)cc1F. The molecule has 0 heterocycles. The lowest BCUT2D eigenvalue weighted by molar-refractivity contribution is -0.00481. The minimum atomic E-state index is -0.996. The van der Waals surface area contributed by atoms with Crippen LogP contribution >= 0.6 is 0 Å². The van der Waals surface area contributed by atoms with E-state index in [0.717, 1.165) is 11.1 Å². The topological polar surface area (TPSA) is 88.0 Å². The third kappa shape index (κ3) is 7.88.